The molecule has 2 aliphatic rings. The number of hydrogen-bond acceptors (Lipinski definition) is 3. The van der Waals surface area contributed by atoms with Gasteiger partial charge < -0.3 is 9.88 Å². The number of halogens is 2. The molecule has 0 spiro atoms. The van der Waals surface area contributed by atoms with Crippen LogP contribution in [0.2, 0.25) is 10.0 Å². The summed E-state index contributed by atoms with van der Waals surface area (Å²) in [6.45, 7) is 3.81. The predicted octanol–water partition coefficient (Wildman–Crippen LogP) is 4.34. The Morgan fingerprint density at radius 3 is 2.55 bits per heavy atom. The van der Waals surface area contributed by atoms with E-state index in [2.05, 4.69) is 10.1 Å². The van der Waals surface area contributed by atoms with Crippen molar-refractivity contribution in [3.8, 4) is 0 Å². The van der Waals surface area contributed by atoms with Crippen molar-refractivity contribution in [1.29, 1.82) is 0 Å². The number of amides is 2. The standard InChI is InChI=1S/C23H20Cl2N4O2/c1-23(2)21-14(13-6-3-4-9-18(13)27-21)10-19-22(31)28(12-20(30)29(19)23)26-11-15-16(24)7-5-8-17(15)25/h3-9,11,19,27H,10,12H2,1-2H3/b26-11+/t19-/m0/s1. The Hall–Kier alpha value is -2.83. The largest absolute Gasteiger partial charge is 0.356 e. The maximum absolute atomic E-state index is 13.4. The summed E-state index contributed by atoms with van der Waals surface area (Å²) < 4.78 is 0. The summed E-state index contributed by atoms with van der Waals surface area (Å²) in [6.07, 6.45) is 1.88. The minimum atomic E-state index is -0.647. The molecule has 1 fully saturated rings. The summed E-state index contributed by atoms with van der Waals surface area (Å²) in [5.41, 5.74) is 2.92. The first-order chi connectivity index (χ1) is 14.8. The Kier molecular flexibility index (Phi) is 4.61. The second-order valence-corrected chi connectivity index (χ2v) is 9.16. The molecule has 1 aromatic heterocycles. The third kappa shape index (κ3) is 3.05. The fourth-order valence-corrected chi connectivity index (χ4v) is 5.22. The molecule has 0 radical (unpaired) electrons. The molecule has 5 rings (SSSR count). The van der Waals surface area contributed by atoms with Crippen LogP contribution in [0.25, 0.3) is 10.9 Å². The number of aromatic amines is 1. The van der Waals surface area contributed by atoms with Gasteiger partial charge in [0.1, 0.15) is 12.6 Å². The van der Waals surface area contributed by atoms with E-state index in [4.69, 9.17) is 23.2 Å². The topological polar surface area (TPSA) is 68.8 Å². The van der Waals surface area contributed by atoms with Gasteiger partial charge in [-0.3, -0.25) is 9.59 Å². The third-order valence-electron chi connectivity index (χ3n) is 6.16. The number of carbonyl (C=O) groups excluding carboxylic acids is 2. The van der Waals surface area contributed by atoms with Gasteiger partial charge in [0.05, 0.1) is 21.8 Å². The van der Waals surface area contributed by atoms with E-state index < -0.39 is 11.6 Å². The van der Waals surface area contributed by atoms with Gasteiger partial charge in [-0.15, -0.1) is 0 Å². The van der Waals surface area contributed by atoms with Crippen molar-refractivity contribution in [2.75, 3.05) is 6.54 Å². The van der Waals surface area contributed by atoms with E-state index in [1.807, 2.05) is 38.1 Å². The van der Waals surface area contributed by atoms with Crippen LogP contribution in [0.15, 0.2) is 47.6 Å². The molecule has 0 aliphatic carbocycles. The van der Waals surface area contributed by atoms with Gasteiger partial charge in [-0.1, -0.05) is 47.5 Å². The van der Waals surface area contributed by atoms with Crippen LogP contribution in [0.1, 0.15) is 30.7 Å². The van der Waals surface area contributed by atoms with E-state index >= 15 is 0 Å². The van der Waals surface area contributed by atoms with Crippen LogP contribution in [0.3, 0.4) is 0 Å². The van der Waals surface area contributed by atoms with Gasteiger partial charge in [0, 0.05) is 28.6 Å². The maximum Gasteiger partial charge on any atom is 0.266 e. The van der Waals surface area contributed by atoms with Crippen LogP contribution in [-0.2, 0) is 21.5 Å². The molecule has 2 aromatic carbocycles. The highest BCUT2D eigenvalue weighted by atomic mass is 35.5. The Morgan fingerprint density at radius 2 is 1.81 bits per heavy atom. The summed E-state index contributed by atoms with van der Waals surface area (Å²) in [6, 6.07) is 12.5. The van der Waals surface area contributed by atoms with Crippen molar-refractivity contribution >= 4 is 52.1 Å². The molecule has 1 atom stereocenters. The summed E-state index contributed by atoms with van der Waals surface area (Å²) in [5, 5.41) is 7.44. The second-order valence-electron chi connectivity index (χ2n) is 8.34. The van der Waals surface area contributed by atoms with E-state index in [0.717, 1.165) is 22.2 Å². The number of rotatable bonds is 2. The Balaban J connectivity index is 1.53. The quantitative estimate of drug-likeness (QED) is 0.585. The summed E-state index contributed by atoms with van der Waals surface area (Å²) in [4.78, 5) is 31.7. The second kappa shape index (κ2) is 7.11. The van der Waals surface area contributed by atoms with Gasteiger partial charge >= 0.3 is 0 Å². The van der Waals surface area contributed by atoms with Crippen LogP contribution in [0.5, 0.6) is 0 Å². The lowest BCUT2D eigenvalue weighted by atomic mass is 9.82. The number of carbonyl (C=O) groups is 2. The SMILES string of the molecule is CC1(C)c2[nH]c3ccccc3c2C[C@H]2C(=O)N(/N=C/c3c(Cl)cccc3Cl)CC(=O)N21. The van der Waals surface area contributed by atoms with Gasteiger partial charge in [0.25, 0.3) is 5.91 Å². The number of nitrogens with one attached hydrogen (secondary N) is 1. The number of para-hydroxylation sites is 1. The first-order valence-corrected chi connectivity index (χ1v) is 10.8. The monoisotopic (exact) mass is 454 g/mol. The lowest BCUT2D eigenvalue weighted by Gasteiger charge is -2.50. The molecule has 158 valence electrons. The first kappa shape index (κ1) is 20.1. The highest BCUT2D eigenvalue weighted by Crippen LogP contribution is 2.42. The van der Waals surface area contributed by atoms with Gasteiger partial charge in [-0.05, 0) is 37.6 Å². The molecular formula is C23H20Cl2N4O2. The predicted molar refractivity (Wildman–Crippen MR) is 121 cm³/mol. The van der Waals surface area contributed by atoms with Crippen molar-refractivity contribution in [2.45, 2.75) is 31.8 Å². The van der Waals surface area contributed by atoms with Crippen LogP contribution in [-0.4, -0.2) is 45.5 Å². The first-order valence-electron chi connectivity index (χ1n) is 10.0. The van der Waals surface area contributed by atoms with Crippen LogP contribution in [0, 0.1) is 0 Å². The molecule has 2 aliphatic heterocycles. The molecule has 1 N–H and O–H groups in total. The van der Waals surface area contributed by atoms with Crippen LogP contribution < -0.4 is 0 Å². The highest BCUT2D eigenvalue weighted by molar-refractivity contribution is 6.38. The zero-order chi connectivity index (χ0) is 21.9. The normalized spacial score (nSPS) is 20.5. The molecule has 2 amide bonds. The van der Waals surface area contributed by atoms with Gasteiger partial charge in [0.15, 0.2) is 0 Å². The molecule has 31 heavy (non-hydrogen) atoms. The molecule has 0 unspecified atom stereocenters. The summed E-state index contributed by atoms with van der Waals surface area (Å²) in [7, 11) is 0. The minimum Gasteiger partial charge on any atom is -0.356 e. The van der Waals surface area contributed by atoms with E-state index in [1.165, 1.54) is 11.2 Å². The van der Waals surface area contributed by atoms with Crippen molar-refractivity contribution in [3.05, 3.63) is 69.3 Å². The van der Waals surface area contributed by atoms with Crippen LogP contribution in [0.4, 0.5) is 0 Å². The van der Waals surface area contributed by atoms with E-state index in [9.17, 15) is 9.59 Å². The molecule has 3 aromatic rings. The average molecular weight is 455 g/mol. The van der Waals surface area contributed by atoms with Gasteiger partial charge in [-0.2, -0.15) is 5.10 Å². The van der Waals surface area contributed by atoms with Gasteiger partial charge in [-0.25, -0.2) is 5.01 Å². The van der Waals surface area contributed by atoms with E-state index in [1.54, 1.807) is 23.1 Å². The summed E-state index contributed by atoms with van der Waals surface area (Å²) >= 11 is 12.4. The number of benzene rings is 2. The number of hydrazone groups is 1. The third-order valence-corrected chi connectivity index (χ3v) is 6.82. The lowest BCUT2D eigenvalue weighted by molar-refractivity contribution is -0.163. The maximum atomic E-state index is 13.4. The Labute approximate surface area is 189 Å². The fraction of sp³-hybridized carbons (Fsp3) is 0.261. The van der Waals surface area contributed by atoms with Crippen molar-refractivity contribution in [2.24, 2.45) is 5.10 Å². The fourth-order valence-electron chi connectivity index (χ4n) is 4.73. The number of fused-ring (bicyclic) bond motifs is 4. The number of hydrogen-bond donors (Lipinski definition) is 1. The molecule has 6 nitrogen and oxygen atoms in total. The van der Waals surface area contributed by atoms with Crippen molar-refractivity contribution in [1.82, 2.24) is 14.9 Å². The Bertz CT molecular complexity index is 1240. The van der Waals surface area contributed by atoms with Crippen molar-refractivity contribution in [3.63, 3.8) is 0 Å². The molecule has 0 bridgehead atoms. The minimum absolute atomic E-state index is 0.132. The smallest absolute Gasteiger partial charge is 0.266 e. The number of H-pyrrole nitrogens is 1. The average Bonchev–Trinajstić information content (AvgIpc) is 3.10. The molecule has 8 heteroatoms. The molecule has 3 heterocycles. The Morgan fingerprint density at radius 1 is 1.10 bits per heavy atom. The van der Waals surface area contributed by atoms with Gasteiger partial charge in [0.2, 0.25) is 5.91 Å². The van der Waals surface area contributed by atoms with E-state index in [-0.39, 0.29) is 18.4 Å². The zero-order valence-corrected chi connectivity index (χ0v) is 18.5. The number of aromatic nitrogens is 1. The summed E-state index contributed by atoms with van der Waals surface area (Å²) in [5.74, 6) is -0.371. The highest BCUT2D eigenvalue weighted by Gasteiger charge is 2.51. The van der Waals surface area contributed by atoms with Crippen molar-refractivity contribution < 1.29 is 9.59 Å². The molecular weight excluding hydrogens is 435 g/mol. The lowest BCUT2D eigenvalue weighted by Crippen LogP contribution is -2.66. The number of piperazine rings is 1. The van der Waals surface area contributed by atoms with E-state index in [0.29, 0.717) is 22.0 Å². The molecule has 1 saturated heterocycles. The number of nitrogens with zero attached hydrogens (tertiary/aromatic N) is 3. The van der Waals surface area contributed by atoms with Crippen LogP contribution >= 0.6 is 23.2 Å². The zero-order valence-electron chi connectivity index (χ0n) is 17.0. The molecule has 0 saturated carbocycles.